The van der Waals surface area contributed by atoms with E-state index in [9.17, 15) is 20.0 Å². The van der Waals surface area contributed by atoms with Gasteiger partial charge in [-0.15, -0.1) is 11.3 Å². The molecule has 118 valence electrons. The SMILES string of the molecule is O=C(NCC(O)c1cc2ccccc2s1)c1[nH]ncc1[N+](=O)[O-]. The number of carbonyl (C=O) groups is 1. The molecule has 0 spiro atoms. The van der Waals surface area contributed by atoms with Gasteiger partial charge in [-0.05, 0) is 17.5 Å². The lowest BCUT2D eigenvalue weighted by Gasteiger charge is -2.09. The van der Waals surface area contributed by atoms with Gasteiger partial charge in [-0.2, -0.15) is 5.10 Å². The molecule has 0 aliphatic rings. The van der Waals surface area contributed by atoms with Crippen molar-refractivity contribution in [1.82, 2.24) is 15.5 Å². The van der Waals surface area contributed by atoms with E-state index in [0.29, 0.717) is 4.88 Å². The van der Waals surface area contributed by atoms with Crippen LogP contribution in [0.2, 0.25) is 0 Å². The molecule has 0 aliphatic carbocycles. The Labute approximate surface area is 133 Å². The molecule has 0 aliphatic heterocycles. The van der Waals surface area contributed by atoms with Crippen molar-refractivity contribution in [3.63, 3.8) is 0 Å². The number of rotatable bonds is 5. The minimum absolute atomic E-state index is 0.0537. The largest absolute Gasteiger partial charge is 0.386 e. The highest BCUT2D eigenvalue weighted by Gasteiger charge is 2.23. The smallest absolute Gasteiger partial charge is 0.319 e. The molecule has 3 aromatic rings. The van der Waals surface area contributed by atoms with Crippen LogP contribution in [0.25, 0.3) is 10.1 Å². The lowest BCUT2D eigenvalue weighted by atomic mass is 10.2. The van der Waals surface area contributed by atoms with E-state index in [4.69, 9.17) is 0 Å². The van der Waals surface area contributed by atoms with E-state index in [1.54, 1.807) is 0 Å². The monoisotopic (exact) mass is 332 g/mol. The van der Waals surface area contributed by atoms with Crippen LogP contribution in [-0.2, 0) is 0 Å². The molecule has 23 heavy (non-hydrogen) atoms. The number of fused-ring (bicyclic) bond motifs is 1. The lowest BCUT2D eigenvalue weighted by Crippen LogP contribution is -2.28. The Morgan fingerprint density at radius 1 is 1.48 bits per heavy atom. The summed E-state index contributed by atoms with van der Waals surface area (Å²) in [5.74, 6) is -0.686. The Bertz CT molecular complexity index is 839. The molecular formula is C14H12N4O4S. The van der Waals surface area contributed by atoms with Crippen LogP contribution >= 0.6 is 11.3 Å². The molecule has 9 heteroatoms. The number of benzene rings is 1. The predicted octanol–water partition coefficient (Wildman–Crippen LogP) is 2.00. The second-order valence-corrected chi connectivity index (χ2v) is 5.92. The molecule has 1 atom stereocenters. The van der Waals surface area contributed by atoms with E-state index in [2.05, 4.69) is 15.5 Å². The zero-order chi connectivity index (χ0) is 16.4. The van der Waals surface area contributed by atoms with Crippen molar-refractivity contribution in [2.75, 3.05) is 6.54 Å². The van der Waals surface area contributed by atoms with Gasteiger partial charge in [0.15, 0.2) is 0 Å². The zero-order valence-corrected chi connectivity index (χ0v) is 12.5. The summed E-state index contributed by atoms with van der Waals surface area (Å²) in [6.07, 6.45) is 0.0791. The molecule has 1 unspecified atom stereocenters. The van der Waals surface area contributed by atoms with Crippen LogP contribution in [0.4, 0.5) is 5.69 Å². The van der Waals surface area contributed by atoms with Crippen LogP contribution in [0, 0.1) is 10.1 Å². The van der Waals surface area contributed by atoms with E-state index < -0.39 is 22.6 Å². The Kier molecular flexibility index (Phi) is 4.04. The molecule has 0 fully saturated rings. The Morgan fingerprint density at radius 2 is 2.26 bits per heavy atom. The molecular weight excluding hydrogens is 320 g/mol. The van der Waals surface area contributed by atoms with Gasteiger partial charge < -0.3 is 10.4 Å². The summed E-state index contributed by atoms with van der Waals surface area (Å²) in [5, 5.41) is 30.2. The summed E-state index contributed by atoms with van der Waals surface area (Å²) in [4.78, 5) is 22.7. The highest BCUT2D eigenvalue weighted by atomic mass is 32.1. The number of aliphatic hydroxyl groups excluding tert-OH is 1. The van der Waals surface area contributed by atoms with Gasteiger partial charge >= 0.3 is 5.69 Å². The molecule has 3 N–H and O–H groups in total. The number of hydrogen-bond acceptors (Lipinski definition) is 6. The first-order valence-corrected chi connectivity index (χ1v) is 7.50. The van der Waals surface area contributed by atoms with Crippen molar-refractivity contribution < 1.29 is 14.8 Å². The van der Waals surface area contributed by atoms with Gasteiger partial charge in [0.1, 0.15) is 12.3 Å². The summed E-state index contributed by atoms with van der Waals surface area (Å²) < 4.78 is 1.04. The van der Waals surface area contributed by atoms with Crippen LogP contribution < -0.4 is 5.32 Å². The summed E-state index contributed by atoms with van der Waals surface area (Å²) >= 11 is 1.43. The average Bonchev–Trinajstić information content (AvgIpc) is 3.18. The van der Waals surface area contributed by atoms with Crippen LogP contribution in [0.15, 0.2) is 36.5 Å². The summed E-state index contributed by atoms with van der Waals surface area (Å²) in [6, 6.07) is 9.56. The average molecular weight is 332 g/mol. The molecule has 2 heterocycles. The Balaban J connectivity index is 1.68. The number of aromatic amines is 1. The molecule has 8 nitrogen and oxygen atoms in total. The molecule has 0 bridgehead atoms. The van der Waals surface area contributed by atoms with E-state index >= 15 is 0 Å². The summed E-state index contributed by atoms with van der Waals surface area (Å²) in [7, 11) is 0. The third-order valence-corrected chi connectivity index (χ3v) is 4.49. The van der Waals surface area contributed by atoms with Crippen molar-refractivity contribution in [3.05, 3.63) is 57.2 Å². The topological polar surface area (TPSA) is 121 Å². The maximum atomic E-state index is 11.9. The first-order valence-electron chi connectivity index (χ1n) is 6.68. The number of nitrogens with zero attached hydrogens (tertiary/aromatic N) is 2. The minimum Gasteiger partial charge on any atom is -0.386 e. The second kappa shape index (κ2) is 6.15. The number of carbonyl (C=O) groups excluding carboxylic acids is 1. The number of thiophene rings is 1. The molecule has 1 amide bonds. The van der Waals surface area contributed by atoms with Crippen LogP contribution in [0.1, 0.15) is 21.5 Å². The van der Waals surface area contributed by atoms with Gasteiger partial charge in [-0.25, -0.2) is 0 Å². The molecule has 3 rings (SSSR count). The standard InChI is InChI=1S/C14H12N4O4S/c19-10(12-5-8-3-1-2-4-11(8)23-12)7-15-14(20)13-9(18(21)22)6-16-17-13/h1-6,10,19H,7H2,(H,15,20)(H,16,17). The van der Waals surface area contributed by atoms with Crippen molar-refractivity contribution in [3.8, 4) is 0 Å². The van der Waals surface area contributed by atoms with Crippen molar-refractivity contribution in [1.29, 1.82) is 0 Å². The number of aromatic nitrogens is 2. The fraction of sp³-hybridized carbons (Fsp3) is 0.143. The Hall–Kier alpha value is -2.78. The normalized spacial score (nSPS) is 12.2. The van der Waals surface area contributed by atoms with Crippen molar-refractivity contribution in [2.45, 2.75) is 6.10 Å². The van der Waals surface area contributed by atoms with Gasteiger partial charge in [0, 0.05) is 16.1 Å². The van der Waals surface area contributed by atoms with E-state index in [1.165, 1.54) is 11.3 Å². The number of nitrogens with one attached hydrogen (secondary N) is 2. The van der Waals surface area contributed by atoms with Crippen LogP contribution in [-0.4, -0.2) is 32.7 Å². The number of H-pyrrole nitrogens is 1. The summed E-state index contributed by atoms with van der Waals surface area (Å²) in [6.45, 7) is -0.0537. The number of nitro groups is 1. The van der Waals surface area contributed by atoms with Gasteiger partial charge in [0.05, 0.1) is 4.92 Å². The second-order valence-electron chi connectivity index (χ2n) is 4.80. The van der Waals surface area contributed by atoms with Crippen LogP contribution in [0.3, 0.4) is 0 Å². The molecule has 0 saturated carbocycles. The predicted molar refractivity (Wildman–Crippen MR) is 84.4 cm³/mol. The quantitative estimate of drug-likeness (QED) is 0.487. The molecule has 0 saturated heterocycles. The first-order chi connectivity index (χ1) is 11.1. The lowest BCUT2D eigenvalue weighted by molar-refractivity contribution is -0.385. The van der Waals surface area contributed by atoms with Crippen molar-refractivity contribution in [2.24, 2.45) is 0 Å². The highest BCUT2D eigenvalue weighted by Crippen LogP contribution is 2.29. The van der Waals surface area contributed by atoms with Gasteiger partial charge in [-0.1, -0.05) is 18.2 Å². The number of aliphatic hydroxyl groups is 1. The molecule has 0 radical (unpaired) electrons. The first kappa shape index (κ1) is 15.1. The zero-order valence-electron chi connectivity index (χ0n) is 11.7. The Morgan fingerprint density at radius 3 is 3.00 bits per heavy atom. The van der Waals surface area contributed by atoms with Crippen molar-refractivity contribution >= 4 is 33.0 Å². The van der Waals surface area contributed by atoms with Crippen LogP contribution in [0.5, 0.6) is 0 Å². The fourth-order valence-corrected chi connectivity index (χ4v) is 3.18. The maximum Gasteiger partial charge on any atom is 0.319 e. The number of hydrogen-bond donors (Lipinski definition) is 3. The van der Waals surface area contributed by atoms with Gasteiger partial charge in [0.25, 0.3) is 5.91 Å². The van der Waals surface area contributed by atoms with E-state index in [-0.39, 0.29) is 12.2 Å². The van der Waals surface area contributed by atoms with E-state index in [1.807, 2.05) is 30.3 Å². The maximum absolute atomic E-state index is 11.9. The highest BCUT2D eigenvalue weighted by molar-refractivity contribution is 7.19. The molecule has 1 aromatic carbocycles. The third kappa shape index (κ3) is 3.05. The fourth-order valence-electron chi connectivity index (χ4n) is 2.13. The van der Waals surface area contributed by atoms with Gasteiger partial charge in [0.2, 0.25) is 5.69 Å². The third-order valence-electron chi connectivity index (χ3n) is 3.27. The number of amides is 1. The van der Waals surface area contributed by atoms with Gasteiger partial charge in [-0.3, -0.25) is 20.0 Å². The molecule has 2 aromatic heterocycles. The minimum atomic E-state index is -0.890. The summed E-state index contributed by atoms with van der Waals surface area (Å²) in [5.41, 5.74) is -0.641. The van der Waals surface area contributed by atoms with E-state index in [0.717, 1.165) is 16.3 Å².